The molecule has 28 heavy (non-hydrogen) atoms. The van der Waals surface area contributed by atoms with Crippen molar-refractivity contribution >= 4 is 29.9 Å². The highest BCUT2D eigenvalue weighted by Gasteiger charge is 2.06. The largest absolute Gasteiger partial charge is 0.493 e. The molecular weight excluding hydrogens is 471 g/mol. The molecule has 0 amide bonds. The monoisotopic (exact) mass is 502 g/mol. The second-order valence-electron chi connectivity index (χ2n) is 5.83. The molecule has 2 rings (SSSR count). The van der Waals surface area contributed by atoms with E-state index in [0.717, 1.165) is 54.9 Å². The quantitative estimate of drug-likeness (QED) is 0.295. The molecule has 0 spiro atoms. The first-order valence-electron chi connectivity index (χ1n) is 9.40. The fraction of sp³-hybridized carbons (Fsp3) is 0.526. The maximum atomic E-state index is 5.63. The Bertz CT molecular complexity index is 735. The summed E-state index contributed by atoms with van der Waals surface area (Å²) in [6.45, 7) is 9.55. The van der Waals surface area contributed by atoms with E-state index in [1.54, 1.807) is 13.4 Å². The number of rotatable bonds is 10. The van der Waals surface area contributed by atoms with Crippen LogP contribution in [0, 0.1) is 0 Å². The van der Waals surface area contributed by atoms with Gasteiger partial charge in [-0.1, -0.05) is 13.0 Å². The number of guanidine groups is 1. The van der Waals surface area contributed by atoms with Crippen LogP contribution in [0.3, 0.4) is 0 Å². The van der Waals surface area contributed by atoms with E-state index in [1.165, 1.54) is 0 Å². The third kappa shape index (κ3) is 7.17. The van der Waals surface area contributed by atoms with Crippen LogP contribution in [0.2, 0.25) is 0 Å². The molecule has 1 aromatic heterocycles. The van der Waals surface area contributed by atoms with Gasteiger partial charge in [0.05, 0.1) is 20.3 Å². The lowest BCUT2D eigenvalue weighted by molar-refractivity contribution is 0.310. The number of hydrogen-bond donors (Lipinski definition) is 2. The van der Waals surface area contributed by atoms with Crippen LogP contribution < -0.4 is 20.1 Å². The summed E-state index contributed by atoms with van der Waals surface area (Å²) in [4.78, 5) is 4.66. The van der Waals surface area contributed by atoms with Gasteiger partial charge in [0.15, 0.2) is 17.5 Å². The van der Waals surface area contributed by atoms with Gasteiger partial charge in [-0.25, -0.2) is 4.99 Å². The number of halogens is 1. The molecule has 2 aromatic rings. The minimum Gasteiger partial charge on any atom is -0.493 e. The van der Waals surface area contributed by atoms with Gasteiger partial charge in [-0.05, 0) is 31.5 Å². The maximum absolute atomic E-state index is 5.63. The van der Waals surface area contributed by atoms with Crippen molar-refractivity contribution in [3.8, 4) is 11.5 Å². The van der Waals surface area contributed by atoms with E-state index in [-0.39, 0.29) is 24.0 Å². The molecular formula is C19H31IN6O2. The van der Waals surface area contributed by atoms with Crippen LogP contribution >= 0.6 is 24.0 Å². The Morgan fingerprint density at radius 3 is 2.68 bits per heavy atom. The predicted octanol–water partition coefficient (Wildman–Crippen LogP) is 2.62. The standard InChI is InChI=1S/C19H30N6O2.HI/c1-5-18-24-23-14-25(18)11-10-21-19(20-6-2)22-13-15-8-9-16(26-4)17(12-15)27-7-3;/h8-9,12,14H,5-7,10-11,13H2,1-4H3,(H2,20,21,22);1H. The topological polar surface area (TPSA) is 85.6 Å². The molecule has 9 heteroatoms. The first-order valence-corrected chi connectivity index (χ1v) is 9.40. The van der Waals surface area contributed by atoms with Gasteiger partial charge in [0, 0.05) is 26.1 Å². The molecule has 0 radical (unpaired) electrons. The van der Waals surface area contributed by atoms with E-state index in [9.17, 15) is 0 Å². The molecule has 1 aromatic carbocycles. The van der Waals surface area contributed by atoms with Crippen molar-refractivity contribution in [1.82, 2.24) is 25.4 Å². The highest BCUT2D eigenvalue weighted by Crippen LogP contribution is 2.28. The minimum atomic E-state index is 0. The van der Waals surface area contributed by atoms with Gasteiger partial charge in [0.25, 0.3) is 0 Å². The Hall–Kier alpha value is -2.04. The van der Waals surface area contributed by atoms with Gasteiger partial charge in [-0.2, -0.15) is 0 Å². The summed E-state index contributed by atoms with van der Waals surface area (Å²) in [7, 11) is 1.64. The first-order chi connectivity index (χ1) is 13.2. The zero-order valence-electron chi connectivity index (χ0n) is 17.1. The molecule has 8 nitrogen and oxygen atoms in total. The number of nitrogens with zero attached hydrogens (tertiary/aromatic N) is 4. The molecule has 0 fully saturated rings. The van der Waals surface area contributed by atoms with Gasteiger partial charge in [0.2, 0.25) is 0 Å². The second kappa shape index (κ2) is 13.2. The Morgan fingerprint density at radius 1 is 1.18 bits per heavy atom. The van der Waals surface area contributed by atoms with Crippen LogP contribution in [-0.2, 0) is 19.5 Å². The minimum absolute atomic E-state index is 0. The Labute approximate surface area is 184 Å². The van der Waals surface area contributed by atoms with Crippen molar-refractivity contribution in [2.45, 2.75) is 40.3 Å². The summed E-state index contributed by atoms with van der Waals surface area (Å²) >= 11 is 0. The molecule has 0 saturated heterocycles. The van der Waals surface area contributed by atoms with E-state index in [4.69, 9.17) is 9.47 Å². The lowest BCUT2D eigenvalue weighted by Crippen LogP contribution is -2.38. The molecule has 0 aliphatic heterocycles. The summed E-state index contributed by atoms with van der Waals surface area (Å²) in [6, 6.07) is 5.88. The smallest absolute Gasteiger partial charge is 0.191 e. The van der Waals surface area contributed by atoms with Crippen molar-refractivity contribution < 1.29 is 9.47 Å². The highest BCUT2D eigenvalue weighted by atomic mass is 127. The predicted molar refractivity (Wildman–Crippen MR) is 122 cm³/mol. The average Bonchev–Trinajstić information content (AvgIpc) is 3.14. The molecule has 0 atom stereocenters. The van der Waals surface area contributed by atoms with Gasteiger partial charge in [-0.3, -0.25) is 0 Å². The van der Waals surface area contributed by atoms with Crippen LogP contribution in [0.25, 0.3) is 0 Å². The van der Waals surface area contributed by atoms with Crippen molar-refractivity contribution in [2.24, 2.45) is 4.99 Å². The summed E-state index contributed by atoms with van der Waals surface area (Å²) in [5.74, 6) is 3.23. The molecule has 0 bridgehead atoms. The maximum Gasteiger partial charge on any atom is 0.191 e. The fourth-order valence-corrected chi connectivity index (χ4v) is 2.63. The fourth-order valence-electron chi connectivity index (χ4n) is 2.63. The molecule has 0 saturated carbocycles. The summed E-state index contributed by atoms with van der Waals surface area (Å²) < 4.78 is 13.0. The van der Waals surface area contributed by atoms with Gasteiger partial charge in [-0.15, -0.1) is 34.2 Å². The number of methoxy groups -OCH3 is 1. The number of aliphatic imine (C=N–C) groups is 1. The van der Waals surface area contributed by atoms with Crippen molar-refractivity contribution in [3.63, 3.8) is 0 Å². The molecule has 156 valence electrons. The van der Waals surface area contributed by atoms with Gasteiger partial charge in [0.1, 0.15) is 12.2 Å². The summed E-state index contributed by atoms with van der Waals surface area (Å²) in [5.41, 5.74) is 1.06. The number of ether oxygens (including phenoxy) is 2. The van der Waals surface area contributed by atoms with Crippen molar-refractivity contribution in [1.29, 1.82) is 0 Å². The van der Waals surface area contributed by atoms with Crippen LogP contribution in [0.4, 0.5) is 0 Å². The Balaban J connectivity index is 0.00000392. The number of hydrogen-bond acceptors (Lipinski definition) is 5. The van der Waals surface area contributed by atoms with E-state index in [0.29, 0.717) is 13.2 Å². The van der Waals surface area contributed by atoms with Crippen LogP contribution in [0.15, 0.2) is 29.5 Å². The number of aryl methyl sites for hydroxylation is 1. The second-order valence-corrected chi connectivity index (χ2v) is 5.83. The SMILES string of the molecule is CCNC(=NCc1ccc(OC)c(OCC)c1)NCCn1cnnc1CC.I. The van der Waals surface area contributed by atoms with Gasteiger partial charge >= 0.3 is 0 Å². The normalized spacial score (nSPS) is 10.9. The third-order valence-corrected chi connectivity index (χ3v) is 3.95. The lowest BCUT2D eigenvalue weighted by Gasteiger charge is -2.13. The Morgan fingerprint density at radius 2 is 2.00 bits per heavy atom. The summed E-state index contributed by atoms with van der Waals surface area (Å²) in [5, 5.41) is 14.7. The zero-order valence-corrected chi connectivity index (χ0v) is 19.4. The average molecular weight is 502 g/mol. The number of nitrogens with one attached hydrogen (secondary N) is 2. The van der Waals surface area contributed by atoms with Crippen LogP contribution in [0.1, 0.15) is 32.2 Å². The number of benzene rings is 1. The third-order valence-electron chi connectivity index (χ3n) is 3.95. The lowest BCUT2D eigenvalue weighted by atomic mass is 10.2. The van der Waals surface area contributed by atoms with E-state index in [2.05, 4.69) is 37.3 Å². The molecule has 1 heterocycles. The molecule has 0 unspecified atom stereocenters. The van der Waals surface area contributed by atoms with E-state index >= 15 is 0 Å². The zero-order chi connectivity index (χ0) is 19.5. The summed E-state index contributed by atoms with van der Waals surface area (Å²) in [6.07, 6.45) is 2.63. The van der Waals surface area contributed by atoms with Crippen molar-refractivity contribution in [2.75, 3.05) is 26.8 Å². The van der Waals surface area contributed by atoms with Crippen molar-refractivity contribution in [3.05, 3.63) is 35.9 Å². The highest BCUT2D eigenvalue weighted by molar-refractivity contribution is 14.0. The Kier molecular flexibility index (Phi) is 11.3. The van der Waals surface area contributed by atoms with E-state index < -0.39 is 0 Å². The van der Waals surface area contributed by atoms with Crippen LogP contribution in [0.5, 0.6) is 11.5 Å². The molecule has 0 aliphatic carbocycles. The van der Waals surface area contributed by atoms with Crippen LogP contribution in [-0.4, -0.2) is 47.5 Å². The molecule has 2 N–H and O–H groups in total. The number of aromatic nitrogens is 3. The first kappa shape index (κ1) is 24.0. The van der Waals surface area contributed by atoms with E-state index in [1.807, 2.05) is 32.0 Å². The van der Waals surface area contributed by atoms with Gasteiger partial charge < -0.3 is 24.7 Å². The molecule has 0 aliphatic rings.